The van der Waals surface area contributed by atoms with Crippen molar-refractivity contribution < 1.29 is 39.5 Å². The molecule has 0 aromatic carbocycles. The predicted octanol–water partition coefficient (Wildman–Crippen LogP) is -3.06. The first kappa shape index (κ1) is 24.7. The summed E-state index contributed by atoms with van der Waals surface area (Å²) in [6.07, 6.45) is -2.28. The third kappa shape index (κ3) is 8.78. The summed E-state index contributed by atoms with van der Waals surface area (Å²) in [4.78, 5) is 22.8. The number of nitrogens with two attached hydrogens (primary N) is 1. The zero-order valence-corrected chi connectivity index (χ0v) is 16.0. The Balaban J connectivity index is 2.07. The van der Waals surface area contributed by atoms with Crippen molar-refractivity contribution >= 4 is 11.8 Å². The van der Waals surface area contributed by atoms with Gasteiger partial charge in [0.1, 0.15) is 18.3 Å². The minimum atomic E-state index is -1.27. The van der Waals surface area contributed by atoms with E-state index in [2.05, 4.69) is 10.6 Å². The van der Waals surface area contributed by atoms with Crippen LogP contribution in [-0.2, 0) is 19.1 Å². The topological polar surface area (TPSA) is 184 Å². The second-order valence-electron chi connectivity index (χ2n) is 6.64. The molecule has 11 heteroatoms. The van der Waals surface area contributed by atoms with Gasteiger partial charge in [0, 0.05) is 32.5 Å². The Bertz CT molecular complexity index is 466. The van der Waals surface area contributed by atoms with Gasteiger partial charge in [-0.05, 0) is 19.3 Å². The van der Waals surface area contributed by atoms with Crippen molar-refractivity contribution in [3.8, 4) is 0 Å². The molecule has 1 rings (SSSR count). The SMILES string of the molecule is NC1C(OCCCCC(=O)NCCCNC(=O)CCO)OC(CO)C(O)C1O. The highest BCUT2D eigenvalue weighted by Crippen LogP contribution is 2.20. The average Bonchev–Trinajstić information content (AvgIpc) is 2.67. The molecule has 0 spiro atoms. The molecular weight excluding hydrogens is 374 g/mol. The number of rotatable bonds is 13. The van der Waals surface area contributed by atoms with Gasteiger partial charge in [-0.2, -0.15) is 0 Å². The maximum absolute atomic E-state index is 11.7. The molecule has 0 aromatic rings. The van der Waals surface area contributed by atoms with Gasteiger partial charge in [0.2, 0.25) is 11.8 Å². The van der Waals surface area contributed by atoms with Crippen LogP contribution >= 0.6 is 0 Å². The van der Waals surface area contributed by atoms with E-state index in [1.54, 1.807) is 0 Å². The number of amides is 2. The second-order valence-corrected chi connectivity index (χ2v) is 6.64. The highest BCUT2D eigenvalue weighted by Gasteiger charge is 2.42. The molecule has 0 radical (unpaired) electrons. The van der Waals surface area contributed by atoms with E-state index < -0.39 is 37.3 Å². The lowest BCUT2D eigenvalue weighted by Crippen LogP contribution is -2.62. The van der Waals surface area contributed by atoms with Crippen molar-refractivity contribution in [3.05, 3.63) is 0 Å². The highest BCUT2D eigenvalue weighted by atomic mass is 16.7. The van der Waals surface area contributed by atoms with Gasteiger partial charge in [0.25, 0.3) is 0 Å². The van der Waals surface area contributed by atoms with Gasteiger partial charge >= 0.3 is 0 Å². The Hall–Kier alpha value is -1.34. The maximum atomic E-state index is 11.7. The Kier molecular flexibility index (Phi) is 12.1. The van der Waals surface area contributed by atoms with Gasteiger partial charge < -0.3 is 46.3 Å². The van der Waals surface area contributed by atoms with Crippen molar-refractivity contribution in [3.63, 3.8) is 0 Å². The number of carbonyl (C=O) groups is 2. The minimum Gasteiger partial charge on any atom is -0.396 e. The lowest BCUT2D eigenvalue weighted by atomic mass is 9.98. The summed E-state index contributed by atoms with van der Waals surface area (Å²) in [6, 6.07) is -0.932. The maximum Gasteiger partial charge on any atom is 0.222 e. The summed E-state index contributed by atoms with van der Waals surface area (Å²) in [7, 11) is 0. The molecule has 0 bridgehead atoms. The number of nitrogens with one attached hydrogen (secondary N) is 2. The van der Waals surface area contributed by atoms with E-state index in [1.807, 2.05) is 0 Å². The molecule has 0 aromatic heterocycles. The van der Waals surface area contributed by atoms with Gasteiger partial charge in [-0.1, -0.05) is 0 Å². The van der Waals surface area contributed by atoms with Crippen molar-refractivity contribution in [2.75, 3.05) is 32.9 Å². The van der Waals surface area contributed by atoms with Crippen LogP contribution in [0.1, 0.15) is 32.1 Å². The average molecular weight is 407 g/mol. The van der Waals surface area contributed by atoms with Gasteiger partial charge in [0.05, 0.1) is 19.3 Å². The summed E-state index contributed by atoms with van der Waals surface area (Å²) >= 11 is 0. The van der Waals surface area contributed by atoms with Crippen LogP contribution < -0.4 is 16.4 Å². The normalized spacial score (nSPS) is 27.4. The van der Waals surface area contributed by atoms with Crippen LogP contribution in [-0.4, -0.2) is 95.8 Å². The van der Waals surface area contributed by atoms with Crippen LogP contribution in [0.25, 0.3) is 0 Å². The minimum absolute atomic E-state index is 0.0748. The third-order valence-electron chi connectivity index (χ3n) is 4.35. The van der Waals surface area contributed by atoms with E-state index in [0.717, 1.165) is 0 Å². The van der Waals surface area contributed by atoms with Crippen LogP contribution in [0.15, 0.2) is 0 Å². The number of aliphatic hydroxyl groups is 4. The molecule has 1 fully saturated rings. The third-order valence-corrected chi connectivity index (χ3v) is 4.35. The predicted molar refractivity (Wildman–Crippen MR) is 97.9 cm³/mol. The van der Waals surface area contributed by atoms with Gasteiger partial charge in [0.15, 0.2) is 6.29 Å². The smallest absolute Gasteiger partial charge is 0.222 e. The number of unbranched alkanes of at least 4 members (excludes halogenated alkanes) is 1. The summed E-state index contributed by atoms with van der Waals surface area (Å²) in [6.45, 7) is 0.488. The molecule has 5 unspecified atom stereocenters. The van der Waals surface area contributed by atoms with Crippen LogP contribution in [0.5, 0.6) is 0 Å². The van der Waals surface area contributed by atoms with Crippen LogP contribution in [0.4, 0.5) is 0 Å². The first-order valence-corrected chi connectivity index (χ1v) is 9.54. The van der Waals surface area contributed by atoms with Crippen molar-refractivity contribution in [1.29, 1.82) is 0 Å². The highest BCUT2D eigenvalue weighted by molar-refractivity contribution is 5.76. The molecule has 5 atom stereocenters. The monoisotopic (exact) mass is 407 g/mol. The summed E-state index contributed by atoms with van der Waals surface area (Å²) in [5.41, 5.74) is 5.76. The molecule has 1 aliphatic rings. The number of aliphatic hydroxyl groups excluding tert-OH is 4. The summed E-state index contributed by atoms with van der Waals surface area (Å²) in [5, 5.41) is 42.7. The molecule has 0 saturated carbocycles. The quantitative estimate of drug-likeness (QED) is 0.156. The van der Waals surface area contributed by atoms with Gasteiger partial charge in [-0.15, -0.1) is 0 Å². The van der Waals surface area contributed by atoms with Crippen LogP contribution in [0, 0.1) is 0 Å². The molecule has 8 N–H and O–H groups in total. The molecule has 0 aliphatic carbocycles. The van der Waals surface area contributed by atoms with Crippen LogP contribution in [0.3, 0.4) is 0 Å². The standard InChI is InChI=1S/C17H33N3O8/c18-14-16(26)15(25)11(10-22)28-17(14)27-9-2-1-4-12(23)19-6-3-7-20-13(24)5-8-21/h11,14-17,21-22,25-26H,1-10,18H2,(H,19,23)(H,20,24). The number of hydrogen-bond donors (Lipinski definition) is 7. The zero-order valence-electron chi connectivity index (χ0n) is 16.0. The lowest BCUT2D eigenvalue weighted by Gasteiger charge is -2.40. The molecular formula is C17H33N3O8. The number of hydrogen-bond acceptors (Lipinski definition) is 9. The van der Waals surface area contributed by atoms with Gasteiger partial charge in [-0.25, -0.2) is 0 Å². The largest absolute Gasteiger partial charge is 0.396 e. The van der Waals surface area contributed by atoms with Crippen molar-refractivity contribution in [2.24, 2.45) is 5.73 Å². The molecule has 11 nitrogen and oxygen atoms in total. The fourth-order valence-corrected chi connectivity index (χ4v) is 2.66. The summed E-state index contributed by atoms with van der Waals surface area (Å²) < 4.78 is 10.8. The molecule has 1 saturated heterocycles. The molecule has 1 aliphatic heterocycles. The molecule has 28 heavy (non-hydrogen) atoms. The Morgan fingerprint density at radius 1 is 0.964 bits per heavy atom. The van der Waals surface area contributed by atoms with Crippen molar-refractivity contribution in [1.82, 2.24) is 10.6 Å². The van der Waals surface area contributed by atoms with Crippen LogP contribution in [0.2, 0.25) is 0 Å². The van der Waals surface area contributed by atoms with E-state index in [1.165, 1.54) is 0 Å². The molecule has 1 heterocycles. The van der Waals surface area contributed by atoms with E-state index >= 15 is 0 Å². The fourth-order valence-electron chi connectivity index (χ4n) is 2.66. The number of ether oxygens (including phenoxy) is 2. The first-order chi connectivity index (χ1) is 13.4. The Morgan fingerprint density at radius 2 is 1.61 bits per heavy atom. The Labute approximate surface area is 164 Å². The number of carbonyl (C=O) groups excluding carboxylic acids is 2. The summed E-state index contributed by atoms with van der Waals surface area (Å²) in [5.74, 6) is -0.325. The van der Waals surface area contributed by atoms with Gasteiger partial charge in [-0.3, -0.25) is 9.59 Å². The zero-order chi connectivity index (χ0) is 20.9. The van der Waals surface area contributed by atoms with Crippen molar-refractivity contribution in [2.45, 2.75) is 62.7 Å². The second kappa shape index (κ2) is 13.8. The van der Waals surface area contributed by atoms with E-state index in [0.29, 0.717) is 38.8 Å². The fraction of sp³-hybridized carbons (Fsp3) is 0.882. The molecule has 164 valence electrons. The van der Waals surface area contributed by atoms with E-state index in [9.17, 15) is 19.8 Å². The first-order valence-electron chi connectivity index (χ1n) is 9.54. The van der Waals surface area contributed by atoms with E-state index in [4.69, 9.17) is 25.4 Å². The Morgan fingerprint density at radius 3 is 2.21 bits per heavy atom. The van der Waals surface area contributed by atoms with E-state index in [-0.39, 0.29) is 31.4 Å². The molecule has 2 amide bonds. The lowest BCUT2D eigenvalue weighted by molar-refractivity contribution is -0.265.